The molecule has 0 bridgehead atoms. The molecule has 2 aromatic rings. The molecule has 5 nitrogen and oxygen atoms in total. The summed E-state index contributed by atoms with van der Waals surface area (Å²) >= 11 is 1.66. The first kappa shape index (κ1) is 15.7. The van der Waals surface area contributed by atoms with E-state index in [9.17, 15) is 0 Å². The number of nitrogens with one attached hydrogen (secondary N) is 2. The lowest BCUT2D eigenvalue weighted by Gasteiger charge is -2.21. The first-order valence-electron chi connectivity index (χ1n) is 7.17. The van der Waals surface area contributed by atoms with Crippen molar-refractivity contribution in [3.63, 3.8) is 0 Å². The Bertz CT molecular complexity index is 574. The largest absolute Gasteiger partial charge is 0.373 e. The van der Waals surface area contributed by atoms with Crippen LogP contribution in [0.4, 0.5) is 11.6 Å². The van der Waals surface area contributed by atoms with Crippen LogP contribution in [0.3, 0.4) is 0 Å². The molecule has 2 aromatic heterocycles. The fraction of sp³-hybridized carbons (Fsp3) is 0.533. The summed E-state index contributed by atoms with van der Waals surface area (Å²) in [7, 11) is 1.87. The third kappa shape index (κ3) is 3.91. The highest BCUT2D eigenvalue weighted by atomic mass is 32.1. The summed E-state index contributed by atoms with van der Waals surface area (Å²) in [5.74, 6) is 2.48. The smallest absolute Gasteiger partial charge is 0.138 e. The van der Waals surface area contributed by atoms with E-state index in [-0.39, 0.29) is 11.5 Å². The van der Waals surface area contributed by atoms with Gasteiger partial charge in [0.05, 0.1) is 6.04 Å². The van der Waals surface area contributed by atoms with Crippen LogP contribution in [-0.2, 0) is 5.41 Å². The number of thiazole rings is 1. The number of aromatic nitrogens is 3. The fourth-order valence-corrected chi connectivity index (χ4v) is 2.68. The van der Waals surface area contributed by atoms with E-state index in [1.165, 1.54) is 0 Å². The zero-order valence-electron chi connectivity index (χ0n) is 13.3. The molecule has 1 unspecified atom stereocenters. The zero-order chi connectivity index (χ0) is 15.5. The van der Waals surface area contributed by atoms with Gasteiger partial charge in [-0.1, -0.05) is 27.7 Å². The average molecular weight is 305 g/mol. The van der Waals surface area contributed by atoms with Gasteiger partial charge in [0.2, 0.25) is 0 Å². The summed E-state index contributed by atoms with van der Waals surface area (Å²) < 4.78 is 0. The minimum Gasteiger partial charge on any atom is -0.373 e. The van der Waals surface area contributed by atoms with Crippen LogP contribution in [0.25, 0.3) is 0 Å². The molecule has 0 saturated heterocycles. The molecule has 6 heteroatoms. The Kier molecular flexibility index (Phi) is 4.77. The van der Waals surface area contributed by atoms with Crippen molar-refractivity contribution < 1.29 is 0 Å². The van der Waals surface area contributed by atoms with Crippen LogP contribution in [0.15, 0.2) is 17.6 Å². The number of anilines is 2. The third-order valence-electron chi connectivity index (χ3n) is 3.13. The molecule has 0 aliphatic carbocycles. The van der Waals surface area contributed by atoms with Crippen molar-refractivity contribution in [1.29, 1.82) is 0 Å². The molecule has 2 N–H and O–H groups in total. The number of hydrogen-bond acceptors (Lipinski definition) is 6. The maximum atomic E-state index is 4.66. The van der Waals surface area contributed by atoms with Crippen molar-refractivity contribution in [1.82, 2.24) is 15.0 Å². The molecule has 0 amide bonds. The Morgan fingerprint density at radius 3 is 2.48 bits per heavy atom. The topological polar surface area (TPSA) is 62.7 Å². The first-order chi connectivity index (χ1) is 9.94. The van der Waals surface area contributed by atoms with Crippen molar-refractivity contribution >= 4 is 23.0 Å². The van der Waals surface area contributed by atoms with Crippen molar-refractivity contribution in [2.24, 2.45) is 0 Å². The maximum absolute atomic E-state index is 4.66. The first-order valence-corrected chi connectivity index (χ1v) is 8.05. The monoisotopic (exact) mass is 305 g/mol. The second kappa shape index (κ2) is 6.39. The van der Waals surface area contributed by atoms with Crippen LogP contribution in [0.1, 0.15) is 51.0 Å². The molecule has 0 spiro atoms. The Balaban J connectivity index is 2.30. The van der Waals surface area contributed by atoms with Gasteiger partial charge < -0.3 is 10.6 Å². The van der Waals surface area contributed by atoms with Crippen LogP contribution in [0.2, 0.25) is 0 Å². The van der Waals surface area contributed by atoms with Crippen molar-refractivity contribution in [3.05, 3.63) is 28.5 Å². The number of hydrogen-bond donors (Lipinski definition) is 2. The van der Waals surface area contributed by atoms with Crippen LogP contribution in [-0.4, -0.2) is 22.0 Å². The average Bonchev–Trinajstić information content (AvgIpc) is 2.97. The van der Waals surface area contributed by atoms with Gasteiger partial charge in [0.1, 0.15) is 22.5 Å². The standard InChI is InChI=1S/C15H23N5S/c1-6-10(13-17-7-8-21-13)18-12-9-11(16-5)19-14(20-12)15(2,3)4/h7-10H,6H2,1-5H3,(H2,16,18,19,20). The lowest BCUT2D eigenvalue weighted by atomic mass is 9.96. The van der Waals surface area contributed by atoms with E-state index >= 15 is 0 Å². The quantitative estimate of drug-likeness (QED) is 0.879. The van der Waals surface area contributed by atoms with E-state index in [4.69, 9.17) is 0 Å². The molecule has 0 radical (unpaired) electrons. The van der Waals surface area contributed by atoms with E-state index in [1.54, 1.807) is 11.3 Å². The summed E-state index contributed by atoms with van der Waals surface area (Å²) in [6.07, 6.45) is 2.79. The summed E-state index contributed by atoms with van der Waals surface area (Å²) in [4.78, 5) is 13.6. The molecule has 114 valence electrons. The van der Waals surface area contributed by atoms with Gasteiger partial charge in [-0.15, -0.1) is 11.3 Å². The Morgan fingerprint density at radius 1 is 1.24 bits per heavy atom. The van der Waals surface area contributed by atoms with Gasteiger partial charge in [-0.25, -0.2) is 15.0 Å². The van der Waals surface area contributed by atoms with E-state index in [1.807, 2.05) is 24.7 Å². The van der Waals surface area contributed by atoms with Gasteiger partial charge in [0, 0.05) is 30.1 Å². The normalized spacial score (nSPS) is 13.0. The van der Waals surface area contributed by atoms with Gasteiger partial charge >= 0.3 is 0 Å². The Labute approximate surface area is 130 Å². The van der Waals surface area contributed by atoms with E-state index in [2.05, 4.69) is 53.3 Å². The molecule has 0 aliphatic rings. The van der Waals surface area contributed by atoms with Crippen LogP contribution in [0, 0.1) is 0 Å². The SMILES string of the molecule is CCC(Nc1cc(NC)nc(C(C)(C)C)n1)c1nccs1. The van der Waals surface area contributed by atoms with E-state index in [0.717, 1.165) is 28.9 Å². The van der Waals surface area contributed by atoms with Gasteiger partial charge in [0.25, 0.3) is 0 Å². The van der Waals surface area contributed by atoms with Crippen LogP contribution < -0.4 is 10.6 Å². The highest BCUT2D eigenvalue weighted by molar-refractivity contribution is 7.09. The Morgan fingerprint density at radius 2 is 1.95 bits per heavy atom. The fourth-order valence-electron chi connectivity index (χ4n) is 1.91. The lowest BCUT2D eigenvalue weighted by molar-refractivity contribution is 0.546. The number of nitrogens with zero attached hydrogens (tertiary/aromatic N) is 3. The third-order valence-corrected chi connectivity index (χ3v) is 4.02. The minimum absolute atomic E-state index is 0.0911. The molecular weight excluding hydrogens is 282 g/mol. The van der Waals surface area contributed by atoms with Crippen molar-refractivity contribution in [3.8, 4) is 0 Å². The summed E-state index contributed by atoms with van der Waals surface area (Å²) in [5.41, 5.74) is -0.0911. The van der Waals surface area contributed by atoms with Gasteiger partial charge in [-0.05, 0) is 6.42 Å². The number of rotatable bonds is 5. The van der Waals surface area contributed by atoms with E-state index in [0.29, 0.717) is 0 Å². The van der Waals surface area contributed by atoms with Gasteiger partial charge in [-0.2, -0.15) is 0 Å². The lowest BCUT2D eigenvalue weighted by Crippen LogP contribution is -2.19. The molecule has 0 aliphatic heterocycles. The van der Waals surface area contributed by atoms with Crippen LogP contribution in [0.5, 0.6) is 0 Å². The van der Waals surface area contributed by atoms with Crippen molar-refractivity contribution in [2.45, 2.75) is 45.6 Å². The summed E-state index contributed by atoms with van der Waals surface area (Å²) in [6.45, 7) is 8.49. The highest BCUT2D eigenvalue weighted by Crippen LogP contribution is 2.26. The second-order valence-electron chi connectivity index (χ2n) is 5.94. The minimum atomic E-state index is -0.0911. The molecule has 21 heavy (non-hydrogen) atoms. The molecule has 1 atom stereocenters. The predicted molar refractivity (Wildman–Crippen MR) is 89.0 cm³/mol. The van der Waals surface area contributed by atoms with Gasteiger partial charge in [-0.3, -0.25) is 0 Å². The second-order valence-corrected chi connectivity index (χ2v) is 6.86. The Hall–Kier alpha value is -1.69. The van der Waals surface area contributed by atoms with Crippen molar-refractivity contribution in [2.75, 3.05) is 17.7 Å². The molecular formula is C15H23N5S. The molecule has 2 heterocycles. The van der Waals surface area contributed by atoms with Gasteiger partial charge in [0.15, 0.2) is 0 Å². The predicted octanol–water partition coefficient (Wildman–Crippen LogP) is 3.84. The summed E-state index contributed by atoms with van der Waals surface area (Å²) in [6, 6.07) is 2.11. The van der Waals surface area contributed by atoms with E-state index < -0.39 is 0 Å². The summed E-state index contributed by atoms with van der Waals surface area (Å²) in [5, 5.41) is 9.66. The maximum Gasteiger partial charge on any atom is 0.138 e. The zero-order valence-corrected chi connectivity index (χ0v) is 14.1. The molecule has 0 saturated carbocycles. The van der Waals surface area contributed by atoms with Crippen LogP contribution >= 0.6 is 11.3 Å². The molecule has 0 aromatic carbocycles. The molecule has 0 fully saturated rings. The molecule has 2 rings (SSSR count). The highest BCUT2D eigenvalue weighted by Gasteiger charge is 2.20.